The maximum absolute atomic E-state index is 5.99. The van der Waals surface area contributed by atoms with E-state index in [0.717, 1.165) is 25.8 Å². The van der Waals surface area contributed by atoms with Gasteiger partial charge in [-0.05, 0) is 37.8 Å². The van der Waals surface area contributed by atoms with Gasteiger partial charge in [-0.15, -0.1) is 23.2 Å². The summed E-state index contributed by atoms with van der Waals surface area (Å²) in [6.45, 7) is 3.11. The average molecular weight is 288 g/mol. The molecule has 0 aliphatic rings. The molecule has 0 aliphatic heterocycles. The van der Waals surface area contributed by atoms with Gasteiger partial charge in [0.25, 0.3) is 0 Å². The highest BCUT2D eigenvalue weighted by atomic mass is 35.5. The first-order valence-electron chi connectivity index (χ1n) is 6.67. The Morgan fingerprint density at radius 2 is 1.72 bits per heavy atom. The summed E-state index contributed by atoms with van der Waals surface area (Å²) in [6, 6.07) is 10.6. The molecule has 0 saturated carbocycles. The normalized spacial score (nSPS) is 11.7. The molecule has 0 saturated heterocycles. The minimum atomic E-state index is -0.0874. The number of nitrogens with one attached hydrogen (secondary N) is 1. The fourth-order valence-electron chi connectivity index (χ4n) is 1.90. The first-order chi connectivity index (χ1) is 8.76. The second-order valence-electron chi connectivity index (χ2n) is 4.77. The van der Waals surface area contributed by atoms with Crippen LogP contribution in [0.2, 0.25) is 0 Å². The summed E-state index contributed by atoms with van der Waals surface area (Å²) in [5.74, 6) is 1.15. The van der Waals surface area contributed by atoms with Gasteiger partial charge >= 0.3 is 0 Å². The number of benzene rings is 1. The van der Waals surface area contributed by atoms with Crippen LogP contribution in [0.25, 0.3) is 0 Å². The van der Waals surface area contributed by atoms with Crippen molar-refractivity contribution in [3.63, 3.8) is 0 Å². The van der Waals surface area contributed by atoms with Crippen molar-refractivity contribution < 1.29 is 0 Å². The number of alkyl halides is 2. The van der Waals surface area contributed by atoms with E-state index in [-0.39, 0.29) is 5.54 Å². The Morgan fingerprint density at radius 1 is 1.06 bits per heavy atom. The van der Waals surface area contributed by atoms with E-state index < -0.39 is 0 Å². The number of halogens is 2. The molecule has 0 aromatic heterocycles. The van der Waals surface area contributed by atoms with Gasteiger partial charge in [-0.2, -0.15) is 0 Å². The highest BCUT2D eigenvalue weighted by Gasteiger charge is 2.24. The van der Waals surface area contributed by atoms with Gasteiger partial charge in [0.05, 0.1) is 0 Å². The van der Waals surface area contributed by atoms with Crippen LogP contribution in [-0.2, 0) is 6.42 Å². The van der Waals surface area contributed by atoms with Gasteiger partial charge in [0, 0.05) is 17.3 Å². The van der Waals surface area contributed by atoms with Gasteiger partial charge in [-0.1, -0.05) is 37.3 Å². The van der Waals surface area contributed by atoms with Gasteiger partial charge in [0.1, 0.15) is 0 Å². The fourth-order valence-corrected chi connectivity index (χ4v) is 2.75. The van der Waals surface area contributed by atoms with Crippen molar-refractivity contribution in [3.05, 3.63) is 35.9 Å². The molecular weight excluding hydrogens is 265 g/mol. The maximum atomic E-state index is 5.99. The second-order valence-corrected chi connectivity index (χ2v) is 5.31. The Bertz CT molecular complexity index is 301. The minimum Gasteiger partial charge on any atom is -0.309 e. The molecule has 0 radical (unpaired) electrons. The van der Waals surface area contributed by atoms with Gasteiger partial charge in [0.15, 0.2) is 0 Å². The molecule has 0 heterocycles. The molecule has 0 amide bonds. The molecule has 0 atom stereocenters. The lowest BCUT2D eigenvalue weighted by molar-refractivity contribution is 0.382. The molecule has 0 bridgehead atoms. The molecule has 1 aromatic rings. The first kappa shape index (κ1) is 15.8. The van der Waals surface area contributed by atoms with Crippen LogP contribution in [0.5, 0.6) is 0 Å². The van der Waals surface area contributed by atoms with E-state index in [9.17, 15) is 0 Å². The smallest absolute Gasteiger partial charge is 0.0451 e. The number of hydrogen-bond donors (Lipinski definition) is 1. The summed E-state index contributed by atoms with van der Waals surface area (Å²) in [7, 11) is 0. The average Bonchev–Trinajstić information content (AvgIpc) is 2.45. The molecule has 0 spiro atoms. The minimum absolute atomic E-state index is 0.0874. The summed E-state index contributed by atoms with van der Waals surface area (Å²) in [5, 5.41) is 3.50. The zero-order valence-electron chi connectivity index (χ0n) is 11.1. The quantitative estimate of drug-likeness (QED) is 0.530. The van der Waals surface area contributed by atoms with Crippen molar-refractivity contribution in [1.29, 1.82) is 0 Å². The highest BCUT2D eigenvalue weighted by Crippen LogP contribution is 2.15. The lowest BCUT2D eigenvalue weighted by atomic mass is 10.0. The zero-order valence-corrected chi connectivity index (χ0v) is 12.6. The van der Waals surface area contributed by atoms with Crippen LogP contribution in [0.1, 0.15) is 31.7 Å². The van der Waals surface area contributed by atoms with E-state index in [1.54, 1.807) is 0 Å². The summed E-state index contributed by atoms with van der Waals surface area (Å²) in [5.41, 5.74) is 1.32. The van der Waals surface area contributed by atoms with Gasteiger partial charge in [-0.3, -0.25) is 0 Å². The third-order valence-electron chi connectivity index (χ3n) is 3.42. The molecule has 3 heteroatoms. The van der Waals surface area contributed by atoms with Crippen LogP contribution in [0, 0.1) is 0 Å². The molecule has 0 fully saturated rings. The van der Waals surface area contributed by atoms with Crippen molar-refractivity contribution in [3.8, 4) is 0 Å². The molecular formula is C15H23Cl2N. The van der Waals surface area contributed by atoms with Crippen LogP contribution in [0.3, 0.4) is 0 Å². The Hall–Kier alpha value is -0.240. The molecule has 0 unspecified atom stereocenters. The van der Waals surface area contributed by atoms with E-state index in [0.29, 0.717) is 11.8 Å². The number of rotatable bonds is 9. The van der Waals surface area contributed by atoms with E-state index >= 15 is 0 Å². The van der Waals surface area contributed by atoms with Crippen LogP contribution in [0.4, 0.5) is 0 Å². The van der Waals surface area contributed by atoms with E-state index in [1.165, 1.54) is 12.0 Å². The Kier molecular flexibility index (Phi) is 7.73. The van der Waals surface area contributed by atoms with Crippen molar-refractivity contribution in [2.75, 3.05) is 18.3 Å². The van der Waals surface area contributed by atoms with Crippen LogP contribution >= 0.6 is 23.2 Å². The zero-order chi connectivity index (χ0) is 13.3. The Labute approximate surface area is 121 Å². The van der Waals surface area contributed by atoms with Gasteiger partial charge < -0.3 is 5.32 Å². The molecule has 0 aliphatic carbocycles. The Morgan fingerprint density at radius 3 is 2.28 bits per heavy atom. The predicted octanol–water partition coefficient (Wildman–Crippen LogP) is 4.23. The molecule has 18 heavy (non-hydrogen) atoms. The first-order valence-corrected chi connectivity index (χ1v) is 7.74. The summed E-state index contributed by atoms with van der Waals surface area (Å²) < 4.78 is 0. The third kappa shape index (κ3) is 5.17. The standard InChI is InChI=1S/C15H23Cl2N/c1-2-15(12-16,13-17)18-11-7-6-10-14-8-4-3-5-9-14/h3-5,8-9,18H,2,6-7,10-13H2,1H3. The summed E-state index contributed by atoms with van der Waals surface area (Å²) >= 11 is 12.0. The molecule has 1 aromatic carbocycles. The largest absolute Gasteiger partial charge is 0.309 e. The molecule has 102 valence electrons. The van der Waals surface area contributed by atoms with Crippen LogP contribution < -0.4 is 5.32 Å². The second kappa shape index (κ2) is 8.79. The van der Waals surface area contributed by atoms with Crippen molar-refractivity contribution >= 4 is 23.2 Å². The monoisotopic (exact) mass is 287 g/mol. The highest BCUT2D eigenvalue weighted by molar-refractivity contribution is 6.22. The maximum Gasteiger partial charge on any atom is 0.0451 e. The molecule has 1 rings (SSSR count). The topological polar surface area (TPSA) is 12.0 Å². The Balaban J connectivity index is 2.18. The number of unbranched alkanes of at least 4 members (excludes halogenated alkanes) is 1. The van der Waals surface area contributed by atoms with Crippen LogP contribution in [-0.4, -0.2) is 23.8 Å². The molecule has 1 N–H and O–H groups in total. The predicted molar refractivity (Wildman–Crippen MR) is 81.8 cm³/mol. The van der Waals surface area contributed by atoms with Crippen molar-refractivity contribution in [2.24, 2.45) is 0 Å². The van der Waals surface area contributed by atoms with Crippen LogP contribution in [0.15, 0.2) is 30.3 Å². The van der Waals surface area contributed by atoms with Crippen molar-refractivity contribution in [2.45, 2.75) is 38.1 Å². The van der Waals surface area contributed by atoms with E-state index in [4.69, 9.17) is 23.2 Å². The lowest BCUT2D eigenvalue weighted by Gasteiger charge is -2.29. The third-order valence-corrected chi connectivity index (χ3v) is 4.45. The number of hydrogen-bond acceptors (Lipinski definition) is 1. The lowest BCUT2D eigenvalue weighted by Crippen LogP contribution is -2.48. The van der Waals surface area contributed by atoms with Gasteiger partial charge in [0.2, 0.25) is 0 Å². The van der Waals surface area contributed by atoms with E-state index in [2.05, 4.69) is 42.6 Å². The molecule has 1 nitrogen and oxygen atoms in total. The van der Waals surface area contributed by atoms with E-state index in [1.807, 2.05) is 0 Å². The fraction of sp³-hybridized carbons (Fsp3) is 0.600. The SMILES string of the molecule is CCC(CCl)(CCl)NCCCCc1ccccc1. The summed E-state index contributed by atoms with van der Waals surface area (Å²) in [4.78, 5) is 0. The van der Waals surface area contributed by atoms with Crippen molar-refractivity contribution in [1.82, 2.24) is 5.32 Å². The number of aryl methyl sites for hydroxylation is 1. The summed E-state index contributed by atoms with van der Waals surface area (Å²) in [6.07, 6.45) is 4.47. The van der Waals surface area contributed by atoms with Gasteiger partial charge in [-0.25, -0.2) is 0 Å².